The highest BCUT2D eigenvalue weighted by Crippen LogP contribution is 2.20. The average molecular weight is 372 g/mol. The Morgan fingerprint density at radius 2 is 1.96 bits per heavy atom. The number of benzene rings is 1. The predicted octanol–water partition coefficient (Wildman–Crippen LogP) is 3.95. The molecule has 0 amide bonds. The minimum absolute atomic E-state index is 0.499. The molecule has 2 rings (SSSR count). The third-order valence-corrected chi connectivity index (χ3v) is 3.99. The number of rotatable bonds is 5. The summed E-state index contributed by atoms with van der Waals surface area (Å²) in [6.07, 6.45) is 2.60. The molecule has 1 aromatic carbocycles. The zero-order valence-electron chi connectivity index (χ0n) is 12.6. The van der Waals surface area contributed by atoms with Crippen molar-refractivity contribution in [2.45, 2.75) is 13.0 Å². The molecule has 0 fully saturated rings. The summed E-state index contributed by atoms with van der Waals surface area (Å²) in [5, 5.41) is 8.21. The maximum atomic E-state index is 6.15. The van der Waals surface area contributed by atoms with Gasteiger partial charge in [-0.15, -0.1) is 0 Å². The van der Waals surface area contributed by atoms with Gasteiger partial charge in [-0.3, -0.25) is 4.99 Å². The van der Waals surface area contributed by atoms with E-state index in [1.165, 1.54) is 0 Å². The van der Waals surface area contributed by atoms with E-state index < -0.39 is 0 Å². The zero-order chi connectivity index (χ0) is 16.7. The molecule has 0 atom stereocenters. The van der Waals surface area contributed by atoms with Crippen LogP contribution in [0.4, 0.5) is 0 Å². The molecule has 0 saturated carbocycles. The molecule has 23 heavy (non-hydrogen) atoms. The van der Waals surface area contributed by atoms with Crippen molar-refractivity contribution in [3.8, 4) is 0 Å². The number of hydrogen-bond acceptors (Lipinski definition) is 2. The molecule has 0 aliphatic rings. The minimum atomic E-state index is 0.499. The van der Waals surface area contributed by atoms with E-state index in [4.69, 9.17) is 34.8 Å². The van der Waals surface area contributed by atoms with Crippen LogP contribution in [-0.4, -0.2) is 24.5 Å². The molecule has 2 aromatic rings. The molecule has 2 N–H and O–H groups in total. The summed E-state index contributed by atoms with van der Waals surface area (Å²) in [4.78, 5) is 8.24. The Balaban J connectivity index is 1.80. The van der Waals surface area contributed by atoms with Crippen molar-refractivity contribution in [1.82, 2.24) is 15.6 Å². The lowest BCUT2D eigenvalue weighted by Gasteiger charge is -2.12. The third kappa shape index (κ3) is 5.90. The largest absolute Gasteiger partial charge is 0.356 e. The zero-order valence-corrected chi connectivity index (χ0v) is 14.9. The van der Waals surface area contributed by atoms with E-state index >= 15 is 0 Å². The maximum absolute atomic E-state index is 6.15. The van der Waals surface area contributed by atoms with Crippen molar-refractivity contribution < 1.29 is 0 Å². The summed E-state index contributed by atoms with van der Waals surface area (Å²) in [7, 11) is 1.72. The molecule has 0 bridgehead atoms. The predicted molar refractivity (Wildman–Crippen MR) is 97.6 cm³/mol. The van der Waals surface area contributed by atoms with E-state index in [0.29, 0.717) is 27.7 Å². The van der Waals surface area contributed by atoms with Crippen LogP contribution in [0, 0.1) is 0 Å². The van der Waals surface area contributed by atoms with E-state index in [0.717, 1.165) is 24.1 Å². The fraction of sp³-hybridized carbons (Fsp3) is 0.250. The molecule has 0 aliphatic carbocycles. The first kappa shape index (κ1) is 17.9. The van der Waals surface area contributed by atoms with Gasteiger partial charge in [0.2, 0.25) is 0 Å². The van der Waals surface area contributed by atoms with Crippen LogP contribution in [0.1, 0.15) is 11.1 Å². The number of nitrogens with zero attached hydrogens (tertiary/aromatic N) is 2. The van der Waals surface area contributed by atoms with Crippen LogP contribution in [0.2, 0.25) is 15.2 Å². The Morgan fingerprint density at radius 3 is 2.61 bits per heavy atom. The normalized spacial score (nSPS) is 11.4. The van der Waals surface area contributed by atoms with Gasteiger partial charge in [0.25, 0.3) is 0 Å². The lowest BCUT2D eigenvalue weighted by atomic mass is 10.2. The highest BCUT2D eigenvalue weighted by molar-refractivity contribution is 6.35. The Bertz CT molecular complexity index is 672. The van der Waals surface area contributed by atoms with Gasteiger partial charge in [0.1, 0.15) is 5.15 Å². The molecule has 0 saturated heterocycles. The van der Waals surface area contributed by atoms with E-state index in [9.17, 15) is 0 Å². The van der Waals surface area contributed by atoms with Crippen LogP contribution in [0.3, 0.4) is 0 Å². The van der Waals surface area contributed by atoms with Crippen molar-refractivity contribution in [2.24, 2.45) is 4.99 Å². The van der Waals surface area contributed by atoms with Crippen molar-refractivity contribution >= 4 is 40.8 Å². The van der Waals surface area contributed by atoms with Gasteiger partial charge in [-0.1, -0.05) is 46.9 Å². The highest BCUT2D eigenvalue weighted by atomic mass is 35.5. The number of halogens is 3. The lowest BCUT2D eigenvalue weighted by Crippen LogP contribution is -2.37. The standard InChI is InChI=1S/C16H17Cl3N4/c1-20-16(21-7-6-11-2-5-15(19)22-9-11)23-10-12-3-4-13(17)8-14(12)18/h2-5,8-9H,6-7,10H2,1H3,(H2,20,21,23). The van der Waals surface area contributed by atoms with Crippen LogP contribution in [0.15, 0.2) is 41.5 Å². The smallest absolute Gasteiger partial charge is 0.191 e. The van der Waals surface area contributed by atoms with Gasteiger partial charge in [-0.25, -0.2) is 4.98 Å². The van der Waals surface area contributed by atoms with Gasteiger partial charge in [0, 0.05) is 36.4 Å². The van der Waals surface area contributed by atoms with Gasteiger partial charge in [-0.05, 0) is 35.7 Å². The molecule has 1 heterocycles. The van der Waals surface area contributed by atoms with Crippen LogP contribution < -0.4 is 10.6 Å². The van der Waals surface area contributed by atoms with Gasteiger partial charge in [0.15, 0.2) is 5.96 Å². The summed E-state index contributed by atoms with van der Waals surface area (Å²) in [5.74, 6) is 0.706. The van der Waals surface area contributed by atoms with Gasteiger partial charge < -0.3 is 10.6 Å². The van der Waals surface area contributed by atoms with Gasteiger partial charge in [0.05, 0.1) is 0 Å². The van der Waals surface area contributed by atoms with Crippen LogP contribution in [0.5, 0.6) is 0 Å². The van der Waals surface area contributed by atoms with E-state index in [2.05, 4.69) is 20.6 Å². The molecule has 0 spiro atoms. The van der Waals surface area contributed by atoms with Gasteiger partial charge >= 0.3 is 0 Å². The second kappa shape index (κ2) is 8.96. The summed E-state index contributed by atoms with van der Waals surface area (Å²) >= 11 is 17.8. The quantitative estimate of drug-likeness (QED) is 0.475. The molecule has 0 aliphatic heterocycles. The molecular weight excluding hydrogens is 355 g/mol. The molecular formula is C16H17Cl3N4. The van der Waals surface area contributed by atoms with Crippen LogP contribution in [-0.2, 0) is 13.0 Å². The Labute approximate surface area is 150 Å². The first-order valence-electron chi connectivity index (χ1n) is 7.07. The average Bonchev–Trinajstić information content (AvgIpc) is 2.54. The Kier molecular flexibility index (Phi) is 6.96. The minimum Gasteiger partial charge on any atom is -0.356 e. The van der Waals surface area contributed by atoms with Gasteiger partial charge in [-0.2, -0.15) is 0 Å². The molecule has 4 nitrogen and oxygen atoms in total. The third-order valence-electron chi connectivity index (χ3n) is 3.18. The maximum Gasteiger partial charge on any atom is 0.191 e. The number of hydrogen-bond donors (Lipinski definition) is 2. The number of aliphatic imine (C=N–C) groups is 1. The van der Waals surface area contributed by atoms with E-state index in [-0.39, 0.29) is 0 Å². The summed E-state index contributed by atoms with van der Waals surface area (Å²) in [5.41, 5.74) is 2.07. The Morgan fingerprint density at radius 1 is 1.13 bits per heavy atom. The van der Waals surface area contributed by atoms with Crippen molar-refractivity contribution in [1.29, 1.82) is 0 Å². The molecule has 122 valence electrons. The first-order chi connectivity index (χ1) is 11.1. The number of pyridine rings is 1. The SMILES string of the molecule is CN=C(NCCc1ccc(Cl)nc1)NCc1ccc(Cl)cc1Cl. The van der Waals surface area contributed by atoms with E-state index in [1.54, 1.807) is 25.4 Å². The molecule has 7 heteroatoms. The lowest BCUT2D eigenvalue weighted by molar-refractivity contribution is 0.793. The fourth-order valence-electron chi connectivity index (χ4n) is 1.94. The number of aromatic nitrogens is 1. The fourth-order valence-corrected chi connectivity index (χ4v) is 2.53. The van der Waals surface area contributed by atoms with Crippen molar-refractivity contribution in [2.75, 3.05) is 13.6 Å². The second-order valence-corrected chi connectivity index (χ2v) is 6.06. The summed E-state index contributed by atoms with van der Waals surface area (Å²) in [6, 6.07) is 9.18. The topological polar surface area (TPSA) is 49.3 Å². The molecule has 1 aromatic heterocycles. The van der Waals surface area contributed by atoms with Crippen molar-refractivity contribution in [3.63, 3.8) is 0 Å². The molecule has 0 radical (unpaired) electrons. The van der Waals surface area contributed by atoms with E-state index in [1.807, 2.05) is 18.2 Å². The first-order valence-corrected chi connectivity index (χ1v) is 8.21. The summed E-state index contributed by atoms with van der Waals surface area (Å²) < 4.78 is 0. The Hall–Kier alpha value is -1.49. The van der Waals surface area contributed by atoms with Crippen LogP contribution >= 0.6 is 34.8 Å². The monoisotopic (exact) mass is 370 g/mol. The number of nitrogens with one attached hydrogen (secondary N) is 2. The second-order valence-electron chi connectivity index (χ2n) is 4.83. The van der Waals surface area contributed by atoms with Crippen molar-refractivity contribution in [3.05, 3.63) is 62.9 Å². The highest BCUT2D eigenvalue weighted by Gasteiger charge is 2.03. The summed E-state index contributed by atoms with van der Waals surface area (Å²) in [6.45, 7) is 1.30. The molecule has 0 unspecified atom stereocenters. The van der Waals surface area contributed by atoms with Crippen LogP contribution in [0.25, 0.3) is 0 Å². The number of guanidine groups is 1.